The second-order valence-electron chi connectivity index (χ2n) is 5.20. The van der Waals surface area contributed by atoms with Crippen molar-refractivity contribution >= 4 is 34.1 Å². The molecule has 0 fully saturated rings. The maximum Gasteiger partial charge on any atom is 0.261 e. The second-order valence-corrected chi connectivity index (χ2v) is 5.60. The molecule has 3 rings (SSSR count). The number of amides is 1. The van der Waals surface area contributed by atoms with Crippen molar-refractivity contribution in [1.29, 1.82) is 0 Å². The second kappa shape index (κ2) is 6.05. The summed E-state index contributed by atoms with van der Waals surface area (Å²) in [6, 6.07) is 7.54. The molecule has 0 aliphatic heterocycles. The van der Waals surface area contributed by atoms with Crippen molar-refractivity contribution in [3.8, 4) is 0 Å². The number of nitrogens with zero attached hydrogens (tertiary/aromatic N) is 1. The molecule has 0 spiro atoms. The molecule has 0 unspecified atom stereocenters. The van der Waals surface area contributed by atoms with Crippen LogP contribution in [0.1, 0.15) is 10.4 Å². The predicted octanol–water partition coefficient (Wildman–Crippen LogP) is 3.72. The third kappa shape index (κ3) is 2.76. The summed E-state index contributed by atoms with van der Waals surface area (Å²) in [7, 11) is 1.64. The molecule has 0 atom stereocenters. The Kier molecular flexibility index (Phi) is 4.07. The van der Waals surface area contributed by atoms with E-state index in [0.29, 0.717) is 16.6 Å². The van der Waals surface area contributed by atoms with E-state index in [1.54, 1.807) is 29.8 Å². The molecule has 1 aromatic heterocycles. The van der Waals surface area contributed by atoms with Crippen LogP contribution in [-0.4, -0.2) is 10.5 Å². The Morgan fingerprint density at radius 3 is 2.67 bits per heavy atom. The van der Waals surface area contributed by atoms with Crippen molar-refractivity contribution in [1.82, 2.24) is 4.57 Å². The van der Waals surface area contributed by atoms with E-state index in [0.717, 1.165) is 12.1 Å². The predicted molar refractivity (Wildman–Crippen MR) is 88.5 cm³/mol. The number of nitrogens with one attached hydrogen (secondary N) is 1. The number of anilines is 1. The fourth-order valence-corrected chi connectivity index (χ4v) is 2.77. The number of carbonyl (C=O) groups excluding carboxylic acids is 1. The normalized spacial score (nSPS) is 10.8. The topological polar surface area (TPSA) is 51.1 Å². The van der Waals surface area contributed by atoms with E-state index in [2.05, 4.69) is 5.32 Å². The van der Waals surface area contributed by atoms with Crippen LogP contribution in [0.3, 0.4) is 0 Å². The molecule has 1 heterocycles. The van der Waals surface area contributed by atoms with Crippen LogP contribution in [0.5, 0.6) is 0 Å². The minimum atomic E-state index is -0.927. The summed E-state index contributed by atoms with van der Waals surface area (Å²) in [6.07, 6.45) is 1.33. The quantitative estimate of drug-likeness (QED) is 0.767. The van der Waals surface area contributed by atoms with Crippen LogP contribution in [0.2, 0.25) is 5.02 Å². The lowest BCUT2D eigenvalue weighted by atomic mass is 10.1. The maximum atomic E-state index is 13.7. The first-order valence-corrected chi connectivity index (χ1v) is 7.30. The van der Waals surface area contributed by atoms with Crippen molar-refractivity contribution in [3.63, 3.8) is 0 Å². The highest BCUT2D eigenvalue weighted by molar-refractivity contribution is 6.35. The molecular formula is C17H11ClF2N2O2. The van der Waals surface area contributed by atoms with Crippen LogP contribution in [0.15, 0.2) is 47.4 Å². The number of halogens is 3. The zero-order valence-electron chi connectivity index (χ0n) is 12.4. The molecule has 2 aromatic carbocycles. The lowest BCUT2D eigenvalue weighted by molar-refractivity contribution is 0.102. The number of fused-ring (bicyclic) bond motifs is 1. The smallest absolute Gasteiger partial charge is 0.261 e. The molecule has 0 aliphatic rings. The lowest BCUT2D eigenvalue weighted by Crippen LogP contribution is -2.24. The monoisotopic (exact) mass is 348 g/mol. The van der Waals surface area contributed by atoms with E-state index >= 15 is 0 Å². The van der Waals surface area contributed by atoms with Crippen LogP contribution in [0, 0.1) is 11.6 Å². The largest absolute Gasteiger partial charge is 0.348 e. The number of rotatable bonds is 2. The van der Waals surface area contributed by atoms with Crippen LogP contribution in [0.4, 0.5) is 14.5 Å². The average Bonchev–Trinajstić information content (AvgIpc) is 2.53. The van der Waals surface area contributed by atoms with Gasteiger partial charge in [0.15, 0.2) is 0 Å². The maximum absolute atomic E-state index is 13.7. The van der Waals surface area contributed by atoms with Crippen LogP contribution in [-0.2, 0) is 7.05 Å². The van der Waals surface area contributed by atoms with Crippen LogP contribution < -0.4 is 10.7 Å². The van der Waals surface area contributed by atoms with Crippen LogP contribution >= 0.6 is 11.6 Å². The van der Waals surface area contributed by atoms with Gasteiger partial charge in [-0.2, -0.15) is 0 Å². The number of aryl methyl sites for hydroxylation is 1. The standard InChI is InChI=1S/C17H11ClF2N2O2/c1-22-8-11(16(23)10-3-2-4-12(18)15(10)22)17(24)21-14-6-5-9(19)7-13(14)20/h2-8H,1H3,(H,21,24). The number of carbonyl (C=O) groups is 1. The van der Waals surface area contributed by atoms with E-state index < -0.39 is 23.0 Å². The van der Waals surface area contributed by atoms with Gasteiger partial charge in [-0.15, -0.1) is 0 Å². The summed E-state index contributed by atoms with van der Waals surface area (Å²) < 4.78 is 28.1. The first kappa shape index (κ1) is 16.1. The fraction of sp³-hybridized carbons (Fsp3) is 0.0588. The minimum absolute atomic E-state index is 0.170. The minimum Gasteiger partial charge on any atom is -0.348 e. The number of para-hydroxylation sites is 1. The summed E-state index contributed by atoms with van der Waals surface area (Å²) >= 11 is 6.09. The van der Waals surface area contributed by atoms with E-state index in [-0.39, 0.29) is 16.6 Å². The Labute approximate surface area is 140 Å². The van der Waals surface area contributed by atoms with E-state index in [4.69, 9.17) is 11.6 Å². The third-order valence-electron chi connectivity index (χ3n) is 3.58. The molecule has 24 heavy (non-hydrogen) atoms. The van der Waals surface area contributed by atoms with Crippen molar-refractivity contribution in [2.24, 2.45) is 7.05 Å². The van der Waals surface area contributed by atoms with E-state index in [1.165, 1.54) is 6.20 Å². The van der Waals surface area contributed by atoms with Crippen molar-refractivity contribution in [3.05, 3.63) is 75.0 Å². The van der Waals surface area contributed by atoms with Gasteiger partial charge in [0.1, 0.15) is 17.2 Å². The molecule has 0 radical (unpaired) electrons. The van der Waals surface area contributed by atoms with Gasteiger partial charge in [-0.1, -0.05) is 17.7 Å². The molecule has 0 bridgehead atoms. The zero-order chi connectivity index (χ0) is 17.4. The van der Waals surface area contributed by atoms with E-state index in [1.807, 2.05) is 0 Å². The average molecular weight is 349 g/mol. The molecule has 4 nitrogen and oxygen atoms in total. The summed E-state index contributed by atoms with van der Waals surface area (Å²) in [5, 5.41) is 2.93. The summed E-state index contributed by atoms with van der Waals surface area (Å²) in [5.74, 6) is -2.48. The third-order valence-corrected chi connectivity index (χ3v) is 3.88. The van der Waals surface area contributed by atoms with Gasteiger partial charge in [0.25, 0.3) is 5.91 Å². The first-order valence-electron chi connectivity index (χ1n) is 6.92. The molecule has 122 valence electrons. The number of aromatic nitrogens is 1. The number of pyridine rings is 1. The Balaban J connectivity index is 2.08. The van der Waals surface area contributed by atoms with Gasteiger partial charge >= 0.3 is 0 Å². The van der Waals surface area contributed by atoms with Crippen LogP contribution in [0.25, 0.3) is 10.9 Å². The summed E-state index contributed by atoms with van der Waals surface area (Å²) in [5.41, 5.74) is -0.412. The Hall–Kier alpha value is -2.73. The Bertz CT molecular complexity index is 1030. The number of hydrogen-bond donors (Lipinski definition) is 1. The van der Waals surface area contributed by atoms with E-state index in [9.17, 15) is 18.4 Å². The molecule has 7 heteroatoms. The molecular weight excluding hydrogens is 338 g/mol. The zero-order valence-corrected chi connectivity index (χ0v) is 13.2. The van der Waals surface area contributed by atoms with Gasteiger partial charge in [-0.25, -0.2) is 8.78 Å². The highest BCUT2D eigenvalue weighted by Crippen LogP contribution is 2.21. The fourth-order valence-electron chi connectivity index (χ4n) is 2.46. The first-order chi connectivity index (χ1) is 11.4. The number of hydrogen-bond acceptors (Lipinski definition) is 2. The highest BCUT2D eigenvalue weighted by atomic mass is 35.5. The van der Waals surface area contributed by atoms with Gasteiger partial charge in [0.2, 0.25) is 5.43 Å². The van der Waals surface area contributed by atoms with Gasteiger partial charge in [-0.05, 0) is 24.3 Å². The van der Waals surface area contributed by atoms with Gasteiger partial charge in [-0.3, -0.25) is 9.59 Å². The lowest BCUT2D eigenvalue weighted by Gasteiger charge is -2.11. The number of benzene rings is 2. The molecule has 0 aliphatic carbocycles. The molecule has 3 aromatic rings. The highest BCUT2D eigenvalue weighted by Gasteiger charge is 2.17. The summed E-state index contributed by atoms with van der Waals surface area (Å²) in [4.78, 5) is 24.9. The molecule has 1 amide bonds. The Morgan fingerprint density at radius 2 is 1.96 bits per heavy atom. The van der Waals surface area contributed by atoms with Gasteiger partial charge in [0.05, 0.1) is 16.2 Å². The molecule has 1 N–H and O–H groups in total. The summed E-state index contributed by atoms with van der Waals surface area (Å²) in [6.45, 7) is 0. The molecule has 0 saturated carbocycles. The molecule has 0 saturated heterocycles. The van der Waals surface area contributed by atoms with Crippen molar-refractivity contribution < 1.29 is 13.6 Å². The SMILES string of the molecule is Cn1cc(C(=O)Nc2ccc(F)cc2F)c(=O)c2cccc(Cl)c21. The Morgan fingerprint density at radius 1 is 1.21 bits per heavy atom. The van der Waals surface area contributed by atoms with Gasteiger partial charge < -0.3 is 9.88 Å². The van der Waals surface area contributed by atoms with Crippen molar-refractivity contribution in [2.75, 3.05) is 5.32 Å². The van der Waals surface area contributed by atoms with Crippen molar-refractivity contribution in [2.45, 2.75) is 0 Å². The van der Waals surface area contributed by atoms with Gasteiger partial charge in [0, 0.05) is 24.7 Å².